The summed E-state index contributed by atoms with van der Waals surface area (Å²) < 4.78 is 1.31. The van der Waals surface area contributed by atoms with Crippen molar-refractivity contribution in [3.05, 3.63) is 60.3 Å². The Bertz CT molecular complexity index is 762. The van der Waals surface area contributed by atoms with Crippen molar-refractivity contribution in [1.29, 1.82) is 0 Å². The first-order valence-electron chi connectivity index (χ1n) is 5.77. The second-order valence-corrected chi connectivity index (χ2v) is 4.62. The van der Waals surface area contributed by atoms with Gasteiger partial charge in [0.1, 0.15) is 0 Å². The topological polar surface area (TPSA) is 42.2 Å². The highest BCUT2D eigenvalue weighted by atomic mass is 35.5. The molecule has 94 valence electrons. The van der Waals surface area contributed by atoms with Gasteiger partial charge in [-0.3, -0.25) is 4.09 Å². The van der Waals surface area contributed by atoms with Crippen LogP contribution in [-0.2, 0) is 0 Å². The first kappa shape index (κ1) is 11.8. The van der Waals surface area contributed by atoms with Crippen molar-refractivity contribution in [3.63, 3.8) is 0 Å². The Hall–Kier alpha value is -2.26. The second-order valence-electron chi connectivity index (χ2n) is 4.26. The molecule has 0 aliphatic carbocycles. The highest BCUT2D eigenvalue weighted by molar-refractivity contribution is 6.21. The molecule has 0 saturated heterocycles. The quantitative estimate of drug-likeness (QED) is 0.765. The summed E-state index contributed by atoms with van der Waals surface area (Å²) in [6, 6.07) is 15.4. The Balaban J connectivity index is 2.25. The number of halogens is 1. The molecule has 0 spiro atoms. The third-order valence-electron chi connectivity index (χ3n) is 3.10. The summed E-state index contributed by atoms with van der Waals surface area (Å²) in [7, 11) is 0. The molecule has 0 amide bonds. The molecule has 19 heavy (non-hydrogen) atoms. The molecule has 3 aromatic rings. The lowest BCUT2D eigenvalue weighted by Gasteiger charge is -2.02. The van der Waals surface area contributed by atoms with Crippen molar-refractivity contribution in [2.24, 2.45) is 0 Å². The molecule has 0 aliphatic rings. The summed E-state index contributed by atoms with van der Waals surface area (Å²) in [5.74, 6) is -0.977. The first-order chi connectivity index (χ1) is 9.16. The summed E-state index contributed by atoms with van der Waals surface area (Å²) in [5.41, 5.74) is 2.92. The normalized spacial score (nSPS) is 10.8. The average Bonchev–Trinajstić information content (AvgIpc) is 2.77. The molecule has 0 bridgehead atoms. The van der Waals surface area contributed by atoms with E-state index in [9.17, 15) is 9.90 Å². The van der Waals surface area contributed by atoms with Crippen LogP contribution in [0.5, 0.6) is 0 Å². The fourth-order valence-electron chi connectivity index (χ4n) is 2.17. The maximum atomic E-state index is 11.2. The molecule has 0 atom stereocenters. The summed E-state index contributed by atoms with van der Waals surface area (Å²) >= 11 is 5.97. The molecule has 0 saturated carbocycles. The molecule has 0 radical (unpaired) electrons. The van der Waals surface area contributed by atoms with Gasteiger partial charge in [-0.25, -0.2) is 4.79 Å². The third kappa shape index (κ3) is 1.98. The highest BCUT2D eigenvalue weighted by Gasteiger charge is 2.14. The minimum absolute atomic E-state index is 0.211. The van der Waals surface area contributed by atoms with E-state index in [4.69, 9.17) is 11.8 Å². The lowest BCUT2D eigenvalue weighted by Crippen LogP contribution is -1.93. The van der Waals surface area contributed by atoms with Gasteiger partial charge in [0.05, 0.1) is 11.1 Å². The van der Waals surface area contributed by atoms with Gasteiger partial charge in [-0.05, 0) is 23.3 Å². The zero-order valence-corrected chi connectivity index (χ0v) is 10.6. The fourth-order valence-corrected chi connectivity index (χ4v) is 2.42. The van der Waals surface area contributed by atoms with Crippen LogP contribution >= 0.6 is 11.8 Å². The maximum Gasteiger partial charge on any atom is 0.337 e. The molecule has 2 aromatic carbocycles. The van der Waals surface area contributed by atoms with E-state index in [0.717, 1.165) is 11.1 Å². The fraction of sp³-hybridized carbons (Fsp3) is 0. The van der Waals surface area contributed by atoms with E-state index in [1.54, 1.807) is 0 Å². The smallest absolute Gasteiger partial charge is 0.337 e. The number of carbonyl (C=O) groups is 1. The number of rotatable bonds is 2. The molecular weight excluding hydrogens is 262 g/mol. The number of aromatic nitrogens is 1. The first-order valence-corrected chi connectivity index (χ1v) is 6.10. The Morgan fingerprint density at radius 2 is 1.79 bits per heavy atom. The number of hydrogen-bond acceptors (Lipinski definition) is 1. The molecular formula is C15H10ClNO2. The Labute approximate surface area is 114 Å². The van der Waals surface area contributed by atoms with Crippen LogP contribution in [0.2, 0.25) is 0 Å². The van der Waals surface area contributed by atoms with Gasteiger partial charge in [-0.1, -0.05) is 36.4 Å². The number of fused-ring (bicyclic) bond motifs is 1. The minimum Gasteiger partial charge on any atom is -0.478 e. The maximum absolute atomic E-state index is 11.2. The summed E-state index contributed by atoms with van der Waals surface area (Å²) in [6.07, 6.45) is 1.42. The molecule has 0 fully saturated rings. The van der Waals surface area contributed by atoms with Crippen molar-refractivity contribution >= 4 is 28.6 Å². The molecule has 1 N–H and O–H groups in total. The van der Waals surface area contributed by atoms with Crippen LogP contribution in [0.4, 0.5) is 0 Å². The van der Waals surface area contributed by atoms with Gasteiger partial charge < -0.3 is 5.11 Å². The van der Waals surface area contributed by atoms with Crippen LogP contribution in [0.25, 0.3) is 22.0 Å². The molecule has 4 heteroatoms. The van der Waals surface area contributed by atoms with Crippen molar-refractivity contribution in [1.82, 2.24) is 4.09 Å². The number of benzene rings is 2. The van der Waals surface area contributed by atoms with Crippen LogP contribution in [-0.4, -0.2) is 15.2 Å². The molecule has 3 nitrogen and oxygen atoms in total. The van der Waals surface area contributed by atoms with E-state index in [-0.39, 0.29) is 5.56 Å². The van der Waals surface area contributed by atoms with Crippen LogP contribution in [0.15, 0.2) is 54.7 Å². The SMILES string of the molecule is O=C(O)c1cn(Cl)c2ccc(-c3ccccc3)cc12. The molecule has 1 aromatic heterocycles. The van der Waals surface area contributed by atoms with E-state index in [0.29, 0.717) is 10.9 Å². The lowest BCUT2D eigenvalue weighted by molar-refractivity contribution is 0.0699. The zero-order chi connectivity index (χ0) is 13.4. The molecule has 0 unspecified atom stereocenters. The number of carboxylic acids is 1. The van der Waals surface area contributed by atoms with Crippen LogP contribution in [0, 0.1) is 0 Å². The third-order valence-corrected chi connectivity index (χ3v) is 3.38. The Morgan fingerprint density at radius 1 is 1.05 bits per heavy atom. The number of aromatic carboxylic acids is 1. The molecule has 0 aliphatic heterocycles. The average molecular weight is 272 g/mol. The molecule has 1 heterocycles. The predicted molar refractivity (Wildman–Crippen MR) is 75.6 cm³/mol. The van der Waals surface area contributed by atoms with Crippen LogP contribution in [0.3, 0.4) is 0 Å². The van der Waals surface area contributed by atoms with Gasteiger partial charge in [0.2, 0.25) is 0 Å². The lowest BCUT2D eigenvalue weighted by atomic mass is 10.0. The van der Waals surface area contributed by atoms with Gasteiger partial charge >= 0.3 is 5.97 Å². The van der Waals surface area contributed by atoms with E-state index in [1.807, 2.05) is 48.5 Å². The van der Waals surface area contributed by atoms with Crippen molar-refractivity contribution in [2.45, 2.75) is 0 Å². The van der Waals surface area contributed by atoms with E-state index >= 15 is 0 Å². The largest absolute Gasteiger partial charge is 0.478 e. The zero-order valence-electron chi connectivity index (χ0n) is 9.88. The molecule has 3 rings (SSSR count). The standard InChI is InChI=1S/C15H10ClNO2/c16-17-9-13(15(18)19)12-8-11(6-7-14(12)17)10-4-2-1-3-5-10/h1-9H,(H,18,19). The van der Waals surface area contributed by atoms with Gasteiger partial charge in [0.15, 0.2) is 0 Å². The van der Waals surface area contributed by atoms with Gasteiger partial charge in [-0.2, -0.15) is 0 Å². The van der Waals surface area contributed by atoms with E-state index in [1.165, 1.54) is 10.3 Å². The minimum atomic E-state index is -0.977. The van der Waals surface area contributed by atoms with Gasteiger partial charge in [-0.15, -0.1) is 0 Å². The Kier molecular flexibility index (Phi) is 2.76. The van der Waals surface area contributed by atoms with Crippen molar-refractivity contribution in [3.8, 4) is 11.1 Å². The van der Waals surface area contributed by atoms with Gasteiger partial charge in [0.25, 0.3) is 0 Å². The monoisotopic (exact) mass is 271 g/mol. The number of carboxylic acid groups (broad SMARTS) is 1. The van der Waals surface area contributed by atoms with Crippen molar-refractivity contribution in [2.75, 3.05) is 0 Å². The van der Waals surface area contributed by atoms with E-state index in [2.05, 4.69) is 0 Å². The highest BCUT2D eigenvalue weighted by Crippen LogP contribution is 2.28. The predicted octanol–water partition coefficient (Wildman–Crippen LogP) is 4.01. The second kappa shape index (κ2) is 4.44. The summed E-state index contributed by atoms with van der Waals surface area (Å²) in [5, 5.41) is 9.83. The van der Waals surface area contributed by atoms with Crippen molar-refractivity contribution < 1.29 is 9.90 Å². The van der Waals surface area contributed by atoms with E-state index < -0.39 is 5.97 Å². The number of nitrogens with zero attached hydrogens (tertiary/aromatic N) is 1. The van der Waals surface area contributed by atoms with Crippen LogP contribution < -0.4 is 0 Å². The van der Waals surface area contributed by atoms with Gasteiger partial charge in [0, 0.05) is 23.4 Å². The van der Waals surface area contributed by atoms with Crippen LogP contribution in [0.1, 0.15) is 10.4 Å². The Morgan fingerprint density at radius 3 is 2.47 bits per heavy atom. The summed E-state index contributed by atoms with van der Waals surface area (Å²) in [6.45, 7) is 0. The summed E-state index contributed by atoms with van der Waals surface area (Å²) in [4.78, 5) is 11.2. The number of hydrogen-bond donors (Lipinski definition) is 1.